The van der Waals surface area contributed by atoms with Gasteiger partial charge in [0.15, 0.2) is 0 Å². The highest BCUT2D eigenvalue weighted by Gasteiger charge is 2.11. The summed E-state index contributed by atoms with van der Waals surface area (Å²) in [4.78, 5) is 12.0. The molecule has 0 aromatic heterocycles. The highest BCUT2D eigenvalue weighted by molar-refractivity contribution is 5.95. The van der Waals surface area contributed by atoms with E-state index in [1.807, 2.05) is 44.2 Å². The topological polar surface area (TPSA) is 52.3 Å². The molecule has 3 heteroatoms. The number of rotatable bonds is 3. The van der Waals surface area contributed by atoms with E-state index in [9.17, 15) is 4.79 Å². The minimum absolute atomic E-state index is 0.263. The number of aryl methyl sites for hydroxylation is 2. The van der Waals surface area contributed by atoms with E-state index in [2.05, 4.69) is 0 Å². The maximum atomic E-state index is 12.0. The Labute approximate surface area is 113 Å². The lowest BCUT2D eigenvalue weighted by molar-refractivity contribution is 0.0473. The van der Waals surface area contributed by atoms with Crippen molar-refractivity contribution in [2.24, 2.45) is 0 Å². The number of esters is 1. The fourth-order valence-corrected chi connectivity index (χ4v) is 1.84. The molecule has 0 bridgehead atoms. The van der Waals surface area contributed by atoms with Gasteiger partial charge in [-0.15, -0.1) is 0 Å². The maximum absolute atomic E-state index is 12.0. The van der Waals surface area contributed by atoms with E-state index in [1.54, 1.807) is 12.1 Å². The molecule has 98 valence electrons. The molecular formula is C16H17NO2. The highest BCUT2D eigenvalue weighted by atomic mass is 16.5. The Balaban J connectivity index is 2.10. The van der Waals surface area contributed by atoms with Gasteiger partial charge in [-0.25, -0.2) is 4.79 Å². The summed E-state index contributed by atoms with van der Waals surface area (Å²) >= 11 is 0. The summed E-state index contributed by atoms with van der Waals surface area (Å²) in [6.45, 7) is 4.17. The Morgan fingerprint density at radius 1 is 1.16 bits per heavy atom. The van der Waals surface area contributed by atoms with Crippen molar-refractivity contribution in [2.75, 3.05) is 5.73 Å². The third-order valence-corrected chi connectivity index (χ3v) is 3.05. The van der Waals surface area contributed by atoms with E-state index in [0.29, 0.717) is 11.3 Å². The van der Waals surface area contributed by atoms with Crippen LogP contribution in [0.25, 0.3) is 0 Å². The Morgan fingerprint density at radius 2 is 1.89 bits per heavy atom. The Bertz CT molecular complexity index is 605. The minimum atomic E-state index is -0.385. The van der Waals surface area contributed by atoms with E-state index in [0.717, 1.165) is 16.7 Å². The van der Waals surface area contributed by atoms with Crippen LogP contribution in [0.5, 0.6) is 0 Å². The quantitative estimate of drug-likeness (QED) is 0.676. The number of carbonyl (C=O) groups excluding carboxylic acids is 1. The fraction of sp³-hybridized carbons (Fsp3) is 0.188. The third kappa shape index (κ3) is 3.13. The molecule has 0 aliphatic heterocycles. The van der Waals surface area contributed by atoms with E-state index in [-0.39, 0.29) is 12.6 Å². The zero-order valence-corrected chi connectivity index (χ0v) is 11.1. The van der Waals surface area contributed by atoms with E-state index >= 15 is 0 Å². The second kappa shape index (κ2) is 5.57. The zero-order chi connectivity index (χ0) is 13.8. The average Bonchev–Trinajstić information content (AvgIpc) is 2.40. The van der Waals surface area contributed by atoms with Crippen LogP contribution in [0.2, 0.25) is 0 Å². The van der Waals surface area contributed by atoms with Crippen molar-refractivity contribution in [3.8, 4) is 0 Å². The van der Waals surface area contributed by atoms with Crippen molar-refractivity contribution in [1.29, 1.82) is 0 Å². The molecule has 2 rings (SSSR count). The molecule has 0 saturated carbocycles. The predicted molar refractivity (Wildman–Crippen MR) is 75.9 cm³/mol. The number of nitrogens with two attached hydrogens (primary N) is 1. The predicted octanol–water partition coefficient (Wildman–Crippen LogP) is 3.24. The van der Waals surface area contributed by atoms with Crippen LogP contribution in [-0.4, -0.2) is 5.97 Å². The lowest BCUT2D eigenvalue weighted by Gasteiger charge is -2.09. The number of hydrogen-bond acceptors (Lipinski definition) is 3. The lowest BCUT2D eigenvalue weighted by atomic mass is 10.1. The van der Waals surface area contributed by atoms with Crippen LogP contribution in [0.3, 0.4) is 0 Å². The monoisotopic (exact) mass is 255 g/mol. The summed E-state index contributed by atoms with van der Waals surface area (Å²) in [5, 5.41) is 0. The summed E-state index contributed by atoms with van der Waals surface area (Å²) in [5.41, 5.74) is 9.75. The van der Waals surface area contributed by atoms with Gasteiger partial charge in [0, 0.05) is 5.69 Å². The average molecular weight is 255 g/mol. The Morgan fingerprint density at radius 3 is 2.63 bits per heavy atom. The van der Waals surface area contributed by atoms with Crippen molar-refractivity contribution in [3.63, 3.8) is 0 Å². The van der Waals surface area contributed by atoms with Gasteiger partial charge in [0.1, 0.15) is 6.61 Å². The first kappa shape index (κ1) is 13.1. The molecule has 0 atom stereocenters. The zero-order valence-electron chi connectivity index (χ0n) is 11.1. The van der Waals surface area contributed by atoms with Gasteiger partial charge in [-0.2, -0.15) is 0 Å². The molecule has 0 aliphatic rings. The molecule has 19 heavy (non-hydrogen) atoms. The summed E-state index contributed by atoms with van der Waals surface area (Å²) in [7, 11) is 0. The molecule has 0 fully saturated rings. The third-order valence-electron chi connectivity index (χ3n) is 3.05. The fourth-order valence-electron chi connectivity index (χ4n) is 1.84. The molecule has 2 aromatic rings. The number of carbonyl (C=O) groups is 1. The van der Waals surface area contributed by atoms with Crippen LogP contribution in [-0.2, 0) is 11.3 Å². The van der Waals surface area contributed by atoms with Gasteiger partial charge in [0.2, 0.25) is 0 Å². The summed E-state index contributed by atoms with van der Waals surface area (Å²) in [6.07, 6.45) is 0. The SMILES string of the molecule is Cc1ccc(N)c(C(=O)OCc2ccccc2C)c1. The van der Waals surface area contributed by atoms with Crippen molar-refractivity contribution in [1.82, 2.24) is 0 Å². The van der Waals surface area contributed by atoms with Gasteiger partial charge < -0.3 is 10.5 Å². The van der Waals surface area contributed by atoms with Gasteiger partial charge in [-0.3, -0.25) is 0 Å². The van der Waals surface area contributed by atoms with Crippen molar-refractivity contribution in [3.05, 3.63) is 64.7 Å². The highest BCUT2D eigenvalue weighted by Crippen LogP contribution is 2.16. The standard InChI is InChI=1S/C16H17NO2/c1-11-7-8-15(17)14(9-11)16(18)19-10-13-6-4-3-5-12(13)2/h3-9H,10,17H2,1-2H3. The molecular weight excluding hydrogens is 238 g/mol. The van der Waals surface area contributed by atoms with Gasteiger partial charge in [-0.1, -0.05) is 35.9 Å². The summed E-state index contributed by atoms with van der Waals surface area (Å²) < 4.78 is 5.31. The molecule has 2 N–H and O–H groups in total. The maximum Gasteiger partial charge on any atom is 0.340 e. The van der Waals surface area contributed by atoms with E-state index in [4.69, 9.17) is 10.5 Å². The second-order valence-electron chi connectivity index (χ2n) is 4.59. The molecule has 0 saturated heterocycles. The minimum Gasteiger partial charge on any atom is -0.457 e. The van der Waals surface area contributed by atoms with Crippen LogP contribution in [0.15, 0.2) is 42.5 Å². The first-order valence-electron chi connectivity index (χ1n) is 6.15. The normalized spacial score (nSPS) is 10.2. The van der Waals surface area contributed by atoms with Crippen molar-refractivity contribution >= 4 is 11.7 Å². The molecule has 0 unspecified atom stereocenters. The number of anilines is 1. The lowest BCUT2D eigenvalue weighted by Crippen LogP contribution is -2.09. The van der Waals surface area contributed by atoms with Gasteiger partial charge in [0.25, 0.3) is 0 Å². The Hall–Kier alpha value is -2.29. The van der Waals surface area contributed by atoms with E-state index in [1.165, 1.54) is 0 Å². The molecule has 2 aromatic carbocycles. The Kier molecular flexibility index (Phi) is 3.85. The molecule has 0 radical (unpaired) electrons. The molecule has 0 heterocycles. The van der Waals surface area contributed by atoms with Gasteiger partial charge in [-0.05, 0) is 37.1 Å². The number of benzene rings is 2. The molecule has 0 amide bonds. The van der Waals surface area contributed by atoms with Crippen LogP contribution in [0, 0.1) is 13.8 Å². The molecule has 3 nitrogen and oxygen atoms in total. The number of nitrogen functional groups attached to an aromatic ring is 1. The van der Waals surface area contributed by atoms with Crippen LogP contribution < -0.4 is 5.73 Å². The first-order chi connectivity index (χ1) is 9.08. The van der Waals surface area contributed by atoms with Gasteiger partial charge in [0.05, 0.1) is 5.56 Å². The smallest absolute Gasteiger partial charge is 0.340 e. The second-order valence-corrected chi connectivity index (χ2v) is 4.59. The number of ether oxygens (including phenoxy) is 1. The largest absolute Gasteiger partial charge is 0.457 e. The van der Waals surface area contributed by atoms with Crippen molar-refractivity contribution < 1.29 is 9.53 Å². The van der Waals surface area contributed by atoms with Crippen molar-refractivity contribution in [2.45, 2.75) is 20.5 Å². The summed E-state index contributed by atoms with van der Waals surface area (Å²) in [5.74, 6) is -0.385. The van der Waals surface area contributed by atoms with Crippen LogP contribution >= 0.6 is 0 Å². The number of hydrogen-bond donors (Lipinski definition) is 1. The van der Waals surface area contributed by atoms with Crippen LogP contribution in [0.1, 0.15) is 27.0 Å². The van der Waals surface area contributed by atoms with E-state index < -0.39 is 0 Å². The molecule has 0 aliphatic carbocycles. The van der Waals surface area contributed by atoms with Crippen LogP contribution in [0.4, 0.5) is 5.69 Å². The van der Waals surface area contributed by atoms with Gasteiger partial charge >= 0.3 is 5.97 Å². The molecule has 0 spiro atoms. The summed E-state index contributed by atoms with van der Waals surface area (Å²) in [6, 6.07) is 13.2. The first-order valence-corrected chi connectivity index (χ1v) is 6.15.